The molecular formula is C14H20N4O3S. The van der Waals surface area contributed by atoms with Crippen molar-refractivity contribution in [3.05, 3.63) is 35.8 Å². The fourth-order valence-electron chi connectivity index (χ4n) is 2.01. The van der Waals surface area contributed by atoms with Crippen LogP contribution >= 0.6 is 11.8 Å². The van der Waals surface area contributed by atoms with Crippen molar-refractivity contribution in [2.45, 2.75) is 25.3 Å². The summed E-state index contributed by atoms with van der Waals surface area (Å²) >= 11 is 1.64. The highest BCUT2D eigenvalue weighted by molar-refractivity contribution is 7.97. The van der Waals surface area contributed by atoms with Gasteiger partial charge in [-0.05, 0) is 25.3 Å². The molecule has 0 saturated heterocycles. The van der Waals surface area contributed by atoms with Crippen LogP contribution in [0.2, 0.25) is 0 Å². The van der Waals surface area contributed by atoms with E-state index in [4.69, 9.17) is 9.15 Å². The number of nitrogens with one attached hydrogen (secondary N) is 1. The van der Waals surface area contributed by atoms with Crippen LogP contribution in [-0.2, 0) is 17.0 Å². The van der Waals surface area contributed by atoms with Gasteiger partial charge in [-0.25, -0.2) is 0 Å². The smallest absolute Gasteiger partial charge is 0.287 e. The maximum Gasteiger partial charge on any atom is 0.287 e. The highest BCUT2D eigenvalue weighted by Gasteiger charge is 2.18. The minimum absolute atomic E-state index is 0.263. The number of nitrogens with zero attached hydrogens (tertiary/aromatic N) is 3. The number of methoxy groups -OCH3 is 1. The van der Waals surface area contributed by atoms with Gasteiger partial charge in [0, 0.05) is 13.7 Å². The largest absolute Gasteiger partial charge is 0.455 e. The van der Waals surface area contributed by atoms with Crippen LogP contribution in [-0.4, -0.2) is 40.6 Å². The summed E-state index contributed by atoms with van der Waals surface area (Å²) in [4.78, 5) is 12.2. The van der Waals surface area contributed by atoms with Crippen LogP contribution in [0.5, 0.6) is 0 Å². The highest BCUT2D eigenvalue weighted by atomic mass is 32.2. The molecule has 0 radical (unpaired) electrons. The van der Waals surface area contributed by atoms with Gasteiger partial charge in [-0.15, -0.1) is 10.2 Å². The third-order valence-corrected chi connectivity index (χ3v) is 3.66. The monoisotopic (exact) mass is 324 g/mol. The SMILES string of the molecule is COCCn1cnnc1C(C)NC(=O)c1ccc(CSC)o1. The zero-order valence-electron chi connectivity index (χ0n) is 12.9. The Kier molecular flexibility index (Phi) is 6.02. The summed E-state index contributed by atoms with van der Waals surface area (Å²) in [5.41, 5.74) is 0. The van der Waals surface area contributed by atoms with Crippen LogP contribution in [0.3, 0.4) is 0 Å². The second kappa shape index (κ2) is 8.00. The molecule has 0 bridgehead atoms. The number of rotatable bonds is 8. The maximum atomic E-state index is 12.2. The number of hydrogen-bond acceptors (Lipinski definition) is 6. The van der Waals surface area contributed by atoms with Gasteiger partial charge in [0.2, 0.25) is 0 Å². The molecule has 0 aliphatic carbocycles. The molecule has 22 heavy (non-hydrogen) atoms. The number of ether oxygens (including phenoxy) is 1. The van der Waals surface area contributed by atoms with Crippen LogP contribution < -0.4 is 5.32 Å². The first-order valence-corrected chi connectivity index (χ1v) is 8.30. The van der Waals surface area contributed by atoms with E-state index in [-0.39, 0.29) is 11.9 Å². The van der Waals surface area contributed by atoms with Crippen molar-refractivity contribution in [1.29, 1.82) is 0 Å². The topological polar surface area (TPSA) is 82.2 Å². The van der Waals surface area contributed by atoms with Gasteiger partial charge in [-0.2, -0.15) is 11.8 Å². The van der Waals surface area contributed by atoms with Crippen LogP contribution in [0.15, 0.2) is 22.9 Å². The lowest BCUT2D eigenvalue weighted by atomic mass is 10.3. The van der Waals surface area contributed by atoms with E-state index < -0.39 is 0 Å². The summed E-state index contributed by atoms with van der Waals surface area (Å²) in [6.07, 6.45) is 3.61. The summed E-state index contributed by atoms with van der Waals surface area (Å²) in [7, 11) is 1.64. The van der Waals surface area contributed by atoms with Crippen molar-refractivity contribution in [2.75, 3.05) is 20.0 Å². The molecule has 1 unspecified atom stereocenters. The highest BCUT2D eigenvalue weighted by Crippen LogP contribution is 2.15. The molecular weight excluding hydrogens is 304 g/mol. The van der Waals surface area contributed by atoms with Crippen molar-refractivity contribution >= 4 is 17.7 Å². The molecule has 0 fully saturated rings. The summed E-state index contributed by atoms with van der Waals surface area (Å²) in [5.74, 6) is 2.25. The molecule has 1 amide bonds. The Bertz CT molecular complexity index is 611. The first-order chi connectivity index (χ1) is 10.7. The van der Waals surface area contributed by atoms with Gasteiger partial charge in [0.25, 0.3) is 5.91 Å². The number of aromatic nitrogens is 3. The Hall–Kier alpha value is -1.80. The van der Waals surface area contributed by atoms with Crippen molar-refractivity contribution in [2.24, 2.45) is 0 Å². The van der Waals surface area contributed by atoms with Gasteiger partial charge in [-0.1, -0.05) is 0 Å². The maximum absolute atomic E-state index is 12.2. The predicted molar refractivity (Wildman–Crippen MR) is 83.7 cm³/mol. The number of carbonyl (C=O) groups excluding carboxylic acids is 1. The van der Waals surface area contributed by atoms with Gasteiger partial charge >= 0.3 is 0 Å². The molecule has 1 atom stereocenters. The summed E-state index contributed by atoms with van der Waals surface area (Å²) in [5, 5.41) is 10.8. The Morgan fingerprint density at radius 1 is 1.55 bits per heavy atom. The minimum atomic E-state index is -0.277. The fraction of sp³-hybridized carbons (Fsp3) is 0.500. The average molecular weight is 324 g/mol. The quantitative estimate of drug-likeness (QED) is 0.798. The fourth-order valence-corrected chi connectivity index (χ4v) is 2.45. The first-order valence-electron chi connectivity index (χ1n) is 6.90. The molecule has 120 valence electrons. The third kappa shape index (κ3) is 4.11. The Morgan fingerprint density at radius 2 is 2.36 bits per heavy atom. The lowest BCUT2D eigenvalue weighted by Gasteiger charge is -2.13. The number of thioether (sulfide) groups is 1. The first kappa shape index (κ1) is 16.6. The molecule has 0 aliphatic heterocycles. The molecule has 8 heteroatoms. The standard InChI is InChI=1S/C14H20N4O3S/c1-10(13-17-15-9-18(13)6-7-20-2)16-14(19)12-5-4-11(21-12)8-22-3/h4-5,9-10H,6-8H2,1-3H3,(H,16,19). The van der Waals surface area contributed by atoms with Crippen LogP contribution in [0, 0.1) is 0 Å². The third-order valence-electron chi connectivity index (χ3n) is 3.09. The van der Waals surface area contributed by atoms with Crippen LogP contribution in [0.25, 0.3) is 0 Å². The van der Waals surface area contributed by atoms with Crippen molar-refractivity contribution in [3.8, 4) is 0 Å². The van der Waals surface area contributed by atoms with E-state index in [1.54, 1.807) is 31.3 Å². The molecule has 7 nitrogen and oxygen atoms in total. The zero-order valence-corrected chi connectivity index (χ0v) is 13.7. The predicted octanol–water partition coefficient (Wildman–Crippen LogP) is 1.87. The lowest BCUT2D eigenvalue weighted by molar-refractivity contribution is 0.0907. The van der Waals surface area contributed by atoms with E-state index in [2.05, 4.69) is 15.5 Å². The molecule has 0 saturated carbocycles. The average Bonchev–Trinajstić information content (AvgIpc) is 3.14. The van der Waals surface area contributed by atoms with E-state index in [1.165, 1.54) is 0 Å². The molecule has 2 rings (SSSR count). The minimum Gasteiger partial charge on any atom is -0.455 e. The Morgan fingerprint density at radius 3 is 3.09 bits per heavy atom. The van der Waals surface area contributed by atoms with Gasteiger partial charge < -0.3 is 19.0 Å². The zero-order chi connectivity index (χ0) is 15.9. The van der Waals surface area contributed by atoms with Gasteiger partial charge in [0.05, 0.1) is 18.4 Å². The van der Waals surface area contributed by atoms with Crippen LogP contribution in [0.4, 0.5) is 0 Å². The molecule has 0 spiro atoms. The molecule has 0 aliphatic rings. The van der Waals surface area contributed by atoms with E-state index in [0.29, 0.717) is 24.7 Å². The second-order valence-corrected chi connectivity index (χ2v) is 5.64. The summed E-state index contributed by atoms with van der Waals surface area (Å²) < 4.78 is 12.4. The summed E-state index contributed by atoms with van der Waals surface area (Å²) in [6, 6.07) is 3.22. The molecule has 0 aromatic carbocycles. The number of furan rings is 1. The lowest BCUT2D eigenvalue weighted by Crippen LogP contribution is -2.28. The number of carbonyl (C=O) groups is 1. The Balaban J connectivity index is 1.99. The van der Waals surface area contributed by atoms with Crippen molar-refractivity contribution in [3.63, 3.8) is 0 Å². The van der Waals surface area contributed by atoms with Crippen LogP contribution in [0.1, 0.15) is 35.1 Å². The second-order valence-electron chi connectivity index (χ2n) is 4.77. The Labute approximate surface area is 133 Å². The normalized spacial score (nSPS) is 12.3. The molecule has 2 heterocycles. The molecule has 2 aromatic heterocycles. The number of amides is 1. The van der Waals surface area contributed by atoms with E-state index in [0.717, 1.165) is 11.5 Å². The van der Waals surface area contributed by atoms with Gasteiger partial charge in [-0.3, -0.25) is 4.79 Å². The molecule has 1 N–H and O–H groups in total. The van der Waals surface area contributed by atoms with E-state index >= 15 is 0 Å². The van der Waals surface area contributed by atoms with Crippen molar-refractivity contribution in [1.82, 2.24) is 20.1 Å². The summed E-state index contributed by atoms with van der Waals surface area (Å²) in [6.45, 7) is 3.05. The van der Waals surface area contributed by atoms with Crippen molar-refractivity contribution < 1.29 is 13.9 Å². The van der Waals surface area contributed by atoms with E-state index in [1.807, 2.05) is 23.8 Å². The van der Waals surface area contributed by atoms with E-state index in [9.17, 15) is 4.79 Å². The molecule has 2 aromatic rings. The van der Waals surface area contributed by atoms with Gasteiger partial charge in [0.1, 0.15) is 12.1 Å². The number of hydrogen-bond donors (Lipinski definition) is 1. The van der Waals surface area contributed by atoms with Gasteiger partial charge in [0.15, 0.2) is 11.6 Å².